The molecule has 0 bridgehead atoms. The number of carbonyl (C=O) groups is 2. The van der Waals surface area contributed by atoms with Gasteiger partial charge in [0.25, 0.3) is 0 Å². The standard InChI is InChI=1S/C17H24N.C17H27O.C15H23O.C6H12NO3P.Na.3Y.H/c2*1-13(7-4-5-12-18)15-9-10-16-14(2)8-6-11-17(15,16)3;1-11-5-4-9-15(3)13(11)6-7-14(15)12(2)8-10-16;1-3-9-11(8,6-5-7)10-4-2;;;;;/h2,4-5,13,15-16H,6-11H2,1,3H3;2,12-13,15-16H,4-11H2,1,3H3;1,10,12-14H,4-9H2,2-3H3;3-4,6H2,1-2H3;;;;;/q3*-1;;+1;;;;-1/b5-4+;;;;;;;;/t2*13-,15-,16?,17-;12-,13?,14-,15+;;;;;;/m111....../s1. The number of hydrogen-bond acceptors (Lipinski definition) is 7. The summed E-state index contributed by atoms with van der Waals surface area (Å²) in [6, 6.07) is 3.85. The van der Waals surface area contributed by atoms with Gasteiger partial charge in [-0.25, -0.2) is 0 Å². The second kappa shape index (κ2) is 35.1. The van der Waals surface area contributed by atoms with Gasteiger partial charge in [-0.2, -0.15) is 10.5 Å². The third-order valence-electron chi connectivity index (χ3n) is 17.2. The van der Waals surface area contributed by atoms with Gasteiger partial charge in [0.05, 0.1) is 25.4 Å². The van der Waals surface area contributed by atoms with E-state index in [2.05, 4.69) is 47.6 Å². The molecular formula is C55H87N2NaO5PY3-3. The molecule has 0 aliphatic heterocycles. The van der Waals surface area contributed by atoms with Crippen molar-refractivity contribution in [3.05, 3.63) is 48.6 Å². The van der Waals surface area contributed by atoms with Crippen LogP contribution in [0.4, 0.5) is 0 Å². The van der Waals surface area contributed by atoms with Gasteiger partial charge in [-0.3, -0.25) is 21.3 Å². The molecule has 6 saturated carbocycles. The van der Waals surface area contributed by atoms with Crippen LogP contribution in [0.2, 0.25) is 0 Å². The summed E-state index contributed by atoms with van der Waals surface area (Å²) < 4.78 is 21.0. The van der Waals surface area contributed by atoms with E-state index in [0.717, 1.165) is 68.9 Å². The second-order valence-electron chi connectivity index (χ2n) is 21.0. The first-order valence-electron chi connectivity index (χ1n) is 25.0. The molecule has 0 heterocycles. The van der Waals surface area contributed by atoms with E-state index in [1.54, 1.807) is 26.0 Å². The zero-order chi connectivity index (χ0) is 46.8. The number of fused-ring (bicyclic) bond motifs is 3. The monoisotopic (exact) mass is 1180 g/mol. The van der Waals surface area contributed by atoms with E-state index in [0.29, 0.717) is 71.4 Å². The molecule has 6 fully saturated rings. The summed E-state index contributed by atoms with van der Waals surface area (Å²) in [5.74, 6) is 6.16. The molecule has 0 aromatic rings. The Bertz CT molecular complexity index is 1700. The van der Waals surface area contributed by atoms with Crippen molar-refractivity contribution in [2.24, 2.45) is 69.5 Å². The number of allylic oxidation sites excluding steroid dienone is 5. The predicted octanol–water partition coefficient (Wildman–Crippen LogP) is 11.9. The fraction of sp³-hybridized carbons (Fsp3) is 0.782. The Morgan fingerprint density at radius 1 is 0.687 bits per heavy atom. The molecule has 3 radical (unpaired) electrons. The summed E-state index contributed by atoms with van der Waals surface area (Å²) in [7, 11) is -3.08. The molecule has 0 N–H and O–H groups in total. The Morgan fingerprint density at radius 2 is 1.07 bits per heavy atom. The predicted molar refractivity (Wildman–Crippen MR) is 258 cm³/mol. The van der Waals surface area contributed by atoms with Gasteiger partial charge < -0.3 is 39.8 Å². The molecule has 0 spiro atoms. The Hall–Kier alpha value is 1.74. The number of aldehydes is 2. The SMILES string of the molecule is CCOP(=O)(CC#N)OCC.[CH-]=C1CCC[C@@]2(C)C1CC[C@@H]2[C@H](C)C/C=C/C#N.[CH-]=C1CCC[C@@]2(C)C1CC[C@@H]2[C@H](C)CC=O.[CH-]=C1CCC[C@@]2(C)C1CC[C@@H]2[C@H](C)CCCC=O.[H-].[Na+].[Y].[Y].[Y]. The van der Waals surface area contributed by atoms with E-state index in [-0.39, 0.29) is 135 Å². The van der Waals surface area contributed by atoms with Crippen LogP contribution in [0.15, 0.2) is 28.9 Å². The quantitative estimate of drug-likeness (QED) is 0.0377. The number of unbranched alkanes of at least 4 members (excludes halogenated alkanes) is 1. The smallest absolute Gasteiger partial charge is 1.00 e. The third kappa shape index (κ3) is 19.4. The molecule has 6 aliphatic carbocycles. The first kappa shape index (κ1) is 70.8. The molecule has 7 nitrogen and oxygen atoms in total. The van der Waals surface area contributed by atoms with Gasteiger partial charge in [0.1, 0.15) is 18.7 Å². The van der Waals surface area contributed by atoms with Crippen molar-refractivity contribution in [3.8, 4) is 12.1 Å². The minimum absolute atomic E-state index is 0. The number of hydrogen-bond donors (Lipinski definition) is 0. The molecule has 3 unspecified atom stereocenters. The maximum absolute atomic E-state index is 11.3. The van der Waals surface area contributed by atoms with Crippen molar-refractivity contribution in [2.75, 3.05) is 19.4 Å². The summed E-state index contributed by atoms with van der Waals surface area (Å²) >= 11 is 0. The Kier molecular flexibility index (Phi) is 37.1. The molecule has 365 valence electrons. The summed E-state index contributed by atoms with van der Waals surface area (Å²) in [5.41, 5.74) is 5.00. The molecule has 0 saturated heterocycles. The fourth-order valence-electron chi connectivity index (χ4n) is 14.2. The summed E-state index contributed by atoms with van der Waals surface area (Å²) in [4.78, 5) is 21.1. The van der Waals surface area contributed by atoms with E-state index < -0.39 is 7.60 Å². The zero-order valence-corrected chi connectivity index (χ0v) is 55.0. The van der Waals surface area contributed by atoms with E-state index in [1.165, 1.54) is 100 Å². The van der Waals surface area contributed by atoms with Crippen LogP contribution >= 0.6 is 7.60 Å². The number of nitriles is 2. The van der Waals surface area contributed by atoms with Crippen molar-refractivity contribution in [3.63, 3.8) is 0 Å². The van der Waals surface area contributed by atoms with Gasteiger partial charge in [-0.05, 0) is 154 Å². The molecule has 0 aromatic heterocycles. The van der Waals surface area contributed by atoms with Gasteiger partial charge in [-0.1, -0.05) is 92.6 Å². The van der Waals surface area contributed by atoms with Crippen molar-refractivity contribution >= 4 is 20.2 Å². The van der Waals surface area contributed by atoms with E-state index >= 15 is 0 Å². The number of carbonyl (C=O) groups excluding carboxylic acids is 2. The summed E-state index contributed by atoms with van der Waals surface area (Å²) in [6.45, 7) is 37.0. The number of nitrogens with zero attached hydrogens (tertiary/aromatic N) is 2. The topological polar surface area (TPSA) is 117 Å². The summed E-state index contributed by atoms with van der Waals surface area (Å²) in [6.07, 6.45) is 29.2. The molecule has 6 rings (SSSR count). The minimum atomic E-state index is -3.08. The van der Waals surface area contributed by atoms with Gasteiger partial charge >= 0.3 is 37.2 Å². The van der Waals surface area contributed by atoms with Crippen LogP contribution < -0.4 is 29.6 Å². The average molecular weight is 1180 g/mol. The van der Waals surface area contributed by atoms with E-state index in [4.69, 9.17) is 39.3 Å². The van der Waals surface area contributed by atoms with Crippen LogP contribution in [-0.4, -0.2) is 31.9 Å². The summed E-state index contributed by atoms with van der Waals surface area (Å²) in [5, 5.41) is 16.8. The molecule has 67 heavy (non-hydrogen) atoms. The van der Waals surface area contributed by atoms with Crippen molar-refractivity contribution in [2.45, 2.75) is 184 Å². The normalized spacial score (nSPS) is 31.6. The Balaban J connectivity index is -0.000000821. The number of rotatable bonds is 16. The van der Waals surface area contributed by atoms with Gasteiger partial charge in [0.15, 0.2) is 0 Å². The molecule has 0 amide bonds. The van der Waals surface area contributed by atoms with Crippen LogP contribution in [-0.2, 0) is 121 Å². The van der Waals surface area contributed by atoms with Crippen LogP contribution in [0.5, 0.6) is 0 Å². The van der Waals surface area contributed by atoms with Gasteiger partial charge in [0.2, 0.25) is 0 Å². The first-order valence-corrected chi connectivity index (χ1v) is 26.7. The zero-order valence-electron chi connectivity index (χ0n) is 44.6. The Morgan fingerprint density at radius 3 is 1.42 bits per heavy atom. The minimum Gasteiger partial charge on any atom is -1.00 e. The van der Waals surface area contributed by atoms with E-state index in [9.17, 15) is 14.2 Å². The van der Waals surface area contributed by atoms with Gasteiger partial charge in [0, 0.05) is 117 Å². The van der Waals surface area contributed by atoms with Crippen molar-refractivity contribution < 1.29 is 152 Å². The van der Waals surface area contributed by atoms with E-state index in [1.807, 2.05) is 6.08 Å². The molecule has 12 heteroatoms. The van der Waals surface area contributed by atoms with Gasteiger partial charge in [-0.15, -0.1) is 0 Å². The molecule has 6 aliphatic rings. The van der Waals surface area contributed by atoms with Crippen LogP contribution in [0, 0.1) is 112 Å². The van der Waals surface area contributed by atoms with Crippen LogP contribution in [0.25, 0.3) is 0 Å². The molecule has 0 aromatic carbocycles. The third-order valence-corrected chi connectivity index (χ3v) is 19.1. The molecular weight excluding hydrogens is 1090 g/mol. The largest absolute Gasteiger partial charge is 1.00 e. The maximum Gasteiger partial charge on any atom is 1.00 e. The van der Waals surface area contributed by atoms with Crippen LogP contribution in [0.3, 0.4) is 0 Å². The second-order valence-corrected chi connectivity index (χ2v) is 23.0. The molecule has 12 atom stereocenters. The average Bonchev–Trinajstić information content (AvgIpc) is 3.91. The fourth-order valence-corrected chi connectivity index (χ4v) is 15.4. The van der Waals surface area contributed by atoms with Crippen molar-refractivity contribution in [1.82, 2.24) is 0 Å². The Labute approximate surface area is 510 Å². The maximum atomic E-state index is 11.3. The van der Waals surface area contributed by atoms with Crippen molar-refractivity contribution in [1.29, 1.82) is 10.5 Å². The first-order chi connectivity index (χ1) is 30.0. The van der Waals surface area contributed by atoms with Crippen LogP contribution in [0.1, 0.15) is 185 Å².